The lowest BCUT2D eigenvalue weighted by molar-refractivity contribution is 1.46. The smallest absolute Gasteiger partial charge is 0.139 e. The van der Waals surface area contributed by atoms with Crippen molar-refractivity contribution in [2.24, 2.45) is 5.73 Å². The molecule has 1 aromatic rings. The van der Waals surface area contributed by atoms with Crippen LogP contribution in [0.25, 0.3) is 11.3 Å². The van der Waals surface area contributed by atoms with Gasteiger partial charge < -0.3 is 5.73 Å². The van der Waals surface area contributed by atoms with E-state index < -0.39 is 0 Å². The number of rotatable bonds is 0. The molecule has 16 heavy (non-hydrogen) atoms. The summed E-state index contributed by atoms with van der Waals surface area (Å²) < 4.78 is 0. The first-order chi connectivity index (χ1) is 7.70. The molecule has 0 saturated heterocycles. The van der Waals surface area contributed by atoms with Gasteiger partial charge in [-0.3, -0.25) is 0 Å². The number of nitrogens with zero attached hydrogens (tertiary/aromatic N) is 2. The third-order valence-corrected chi connectivity index (χ3v) is 2.81. The van der Waals surface area contributed by atoms with Crippen LogP contribution in [0.4, 0.5) is 0 Å². The first kappa shape index (κ1) is 10.3. The van der Waals surface area contributed by atoms with Crippen molar-refractivity contribution < 1.29 is 0 Å². The Morgan fingerprint density at radius 1 is 1.12 bits per heavy atom. The highest BCUT2D eigenvalue weighted by Crippen LogP contribution is 2.42. The average molecular weight is 228 g/mol. The van der Waals surface area contributed by atoms with Crippen molar-refractivity contribution in [3.8, 4) is 12.1 Å². The number of fused-ring (bicyclic) bond motifs is 1. The number of halogens is 1. The SMILES string of the molecule is N#CC(C#N)=C1C(Cl)=C(N)c2ccccc21. The zero-order valence-corrected chi connectivity index (χ0v) is 8.92. The van der Waals surface area contributed by atoms with Crippen LogP contribution in [0, 0.1) is 22.7 Å². The third-order valence-electron chi connectivity index (χ3n) is 2.42. The summed E-state index contributed by atoms with van der Waals surface area (Å²) >= 11 is 6.04. The van der Waals surface area contributed by atoms with Crippen molar-refractivity contribution in [2.75, 3.05) is 0 Å². The number of hydrogen-bond donors (Lipinski definition) is 1. The molecule has 3 nitrogen and oxygen atoms in total. The molecule has 0 aromatic heterocycles. The molecule has 1 aliphatic carbocycles. The Morgan fingerprint density at radius 2 is 1.69 bits per heavy atom. The highest BCUT2D eigenvalue weighted by molar-refractivity contribution is 6.42. The predicted octanol–water partition coefficient (Wildman–Crippen LogP) is 2.37. The number of allylic oxidation sites excluding steroid dienone is 3. The van der Waals surface area contributed by atoms with Gasteiger partial charge in [0, 0.05) is 11.1 Å². The van der Waals surface area contributed by atoms with Crippen LogP contribution < -0.4 is 5.73 Å². The first-order valence-corrected chi connectivity index (χ1v) is 4.88. The van der Waals surface area contributed by atoms with E-state index >= 15 is 0 Å². The third kappa shape index (κ3) is 1.27. The van der Waals surface area contributed by atoms with Gasteiger partial charge in [0.05, 0.1) is 10.7 Å². The summed E-state index contributed by atoms with van der Waals surface area (Å²) in [6, 6.07) is 10.9. The van der Waals surface area contributed by atoms with Crippen LogP contribution in [0.1, 0.15) is 11.1 Å². The Bertz CT molecular complexity index is 596. The number of benzene rings is 1. The van der Waals surface area contributed by atoms with E-state index in [1.54, 1.807) is 6.07 Å². The largest absolute Gasteiger partial charge is 0.397 e. The van der Waals surface area contributed by atoms with Gasteiger partial charge in [-0.15, -0.1) is 0 Å². The second-order valence-electron chi connectivity index (χ2n) is 3.25. The van der Waals surface area contributed by atoms with Crippen LogP contribution in [0.3, 0.4) is 0 Å². The van der Waals surface area contributed by atoms with Crippen molar-refractivity contribution in [1.29, 1.82) is 10.5 Å². The normalized spacial score (nSPS) is 13.1. The van der Waals surface area contributed by atoms with Crippen LogP contribution in [0.5, 0.6) is 0 Å². The van der Waals surface area contributed by atoms with Crippen LogP contribution in [0.2, 0.25) is 0 Å². The van der Waals surface area contributed by atoms with Gasteiger partial charge in [-0.25, -0.2) is 0 Å². The van der Waals surface area contributed by atoms with Gasteiger partial charge in [-0.05, 0) is 5.56 Å². The summed E-state index contributed by atoms with van der Waals surface area (Å²) in [5, 5.41) is 18.0. The highest BCUT2D eigenvalue weighted by Gasteiger charge is 2.26. The average Bonchev–Trinajstić information content (AvgIpc) is 2.57. The number of hydrogen-bond acceptors (Lipinski definition) is 3. The van der Waals surface area contributed by atoms with Gasteiger partial charge in [0.1, 0.15) is 17.7 Å². The van der Waals surface area contributed by atoms with Gasteiger partial charge in [-0.2, -0.15) is 10.5 Å². The molecule has 1 aliphatic rings. The molecule has 0 unspecified atom stereocenters. The summed E-state index contributed by atoms with van der Waals surface area (Å²) in [5.41, 5.74) is 8.16. The summed E-state index contributed by atoms with van der Waals surface area (Å²) in [6.07, 6.45) is 0. The van der Waals surface area contributed by atoms with Crippen LogP contribution in [0.15, 0.2) is 34.9 Å². The lowest BCUT2D eigenvalue weighted by Gasteiger charge is -2.00. The van der Waals surface area contributed by atoms with Crippen molar-refractivity contribution >= 4 is 22.9 Å². The Labute approximate surface area is 97.7 Å². The molecule has 0 atom stereocenters. The molecule has 0 radical (unpaired) electrons. The first-order valence-electron chi connectivity index (χ1n) is 4.50. The zero-order valence-electron chi connectivity index (χ0n) is 8.16. The summed E-state index contributed by atoms with van der Waals surface area (Å²) in [5.74, 6) is 0. The van der Waals surface area contributed by atoms with Gasteiger partial charge in [0.2, 0.25) is 0 Å². The van der Waals surface area contributed by atoms with E-state index in [-0.39, 0.29) is 10.6 Å². The Morgan fingerprint density at radius 3 is 2.25 bits per heavy atom. The minimum Gasteiger partial charge on any atom is -0.397 e. The predicted molar refractivity (Wildman–Crippen MR) is 61.5 cm³/mol. The van der Waals surface area contributed by atoms with Crippen LogP contribution >= 0.6 is 11.6 Å². The molecule has 76 valence electrons. The molecule has 0 spiro atoms. The zero-order chi connectivity index (χ0) is 11.7. The van der Waals surface area contributed by atoms with Crippen molar-refractivity contribution in [2.45, 2.75) is 0 Å². The second-order valence-corrected chi connectivity index (χ2v) is 3.62. The topological polar surface area (TPSA) is 73.6 Å². The van der Waals surface area contributed by atoms with E-state index in [9.17, 15) is 0 Å². The Hall–Kier alpha value is -2.23. The maximum atomic E-state index is 8.86. The molecule has 0 amide bonds. The van der Waals surface area contributed by atoms with Gasteiger partial charge >= 0.3 is 0 Å². The van der Waals surface area contributed by atoms with Crippen LogP contribution in [-0.4, -0.2) is 0 Å². The lowest BCUT2D eigenvalue weighted by Crippen LogP contribution is -1.93. The number of nitrogens with two attached hydrogens (primary N) is 1. The quantitative estimate of drug-likeness (QED) is 0.692. The standard InChI is InChI=1S/C12H6ClN3/c13-11-10(7(5-14)6-15)8-3-1-2-4-9(8)12(11)16/h1-4H,16H2. The fourth-order valence-electron chi connectivity index (χ4n) is 1.69. The molecular weight excluding hydrogens is 222 g/mol. The second kappa shape index (κ2) is 3.73. The molecule has 0 heterocycles. The van der Waals surface area contributed by atoms with Gasteiger partial charge in [-0.1, -0.05) is 35.9 Å². The van der Waals surface area contributed by atoms with E-state index in [0.29, 0.717) is 11.3 Å². The van der Waals surface area contributed by atoms with E-state index in [2.05, 4.69) is 0 Å². The monoisotopic (exact) mass is 227 g/mol. The van der Waals surface area contributed by atoms with Crippen molar-refractivity contribution in [3.63, 3.8) is 0 Å². The molecule has 2 N–H and O–H groups in total. The Balaban J connectivity index is 2.84. The maximum absolute atomic E-state index is 8.86. The summed E-state index contributed by atoms with van der Waals surface area (Å²) in [6.45, 7) is 0. The molecule has 0 aliphatic heterocycles. The van der Waals surface area contributed by atoms with Crippen molar-refractivity contribution in [3.05, 3.63) is 46.0 Å². The lowest BCUT2D eigenvalue weighted by atomic mass is 10.0. The molecule has 2 rings (SSSR count). The minimum absolute atomic E-state index is 0.0158. The number of nitriles is 2. The molecule has 0 bridgehead atoms. The molecule has 4 heteroatoms. The van der Waals surface area contributed by atoms with Gasteiger partial charge in [0.15, 0.2) is 0 Å². The molecular formula is C12H6ClN3. The van der Waals surface area contributed by atoms with E-state index in [1.165, 1.54) is 0 Å². The fraction of sp³-hybridized carbons (Fsp3) is 0. The van der Waals surface area contributed by atoms with E-state index in [0.717, 1.165) is 11.1 Å². The maximum Gasteiger partial charge on any atom is 0.139 e. The minimum atomic E-state index is -0.0158. The molecule has 0 saturated carbocycles. The summed E-state index contributed by atoms with van der Waals surface area (Å²) in [4.78, 5) is 0. The fourth-order valence-corrected chi connectivity index (χ4v) is 1.99. The van der Waals surface area contributed by atoms with Crippen molar-refractivity contribution in [1.82, 2.24) is 0 Å². The van der Waals surface area contributed by atoms with Crippen LogP contribution in [-0.2, 0) is 0 Å². The highest BCUT2D eigenvalue weighted by atomic mass is 35.5. The summed E-state index contributed by atoms with van der Waals surface area (Å²) in [7, 11) is 0. The van der Waals surface area contributed by atoms with Gasteiger partial charge in [0.25, 0.3) is 0 Å². The Kier molecular flexibility index (Phi) is 2.40. The molecule has 0 fully saturated rings. The van der Waals surface area contributed by atoms with E-state index in [1.807, 2.05) is 30.3 Å². The molecule has 1 aromatic carbocycles. The van der Waals surface area contributed by atoms with E-state index in [4.69, 9.17) is 27.9 Å².